The summed E-state index contributed by atoms with van der Waals surface area (Å²) in [6, 6.07) is 7.38. The van der Waals surface area contributed by atoms with E-state index in [0.717, 1.165) is 38.0 Å². The van der Waals surface area contributed by atoms with Crippen molar-refractivity contribution in [3.8, 4) is 6.07 Å². The van der Waals surface area contributed by atoms with Crippen LogP contribution >= 0.6 is 0 Å². The molecule has 1 heterocycles. The van der Waals surface area contributed by atoms with E-state index in [9.17, 15) is 10.1 Å². The van der Waals surface area contributed by atoms with Gasteiger partial charge in [0.05, 0.1) is 18.2 Å². The molecule has 0 spiro atoms. The number of carbonyl (C=O) groups is 1. The van der Waals surface area contributed by atoms with Gasteiger partial charge in [0, 0.05) is 39.4 Å². The van der Waals surface area contributed by atoms with Gasteiger partial charge in [-0.15, -0.1) is 0 Å². The van der Waals surface area contributed by atoms with Gasteiger partial charge in [-0.1, -0.05) is 0 Å². The zero-order chi connectivity index (χ0) is 17.5. The Morgan fingerprint density at radius 3 is 2.50 bits per heavy atom. The maximum atomic E-state index is 11.7. The third-order valence-electron chi connectivity index (χ3n) is 4.56. The van der Waals surface area contributed by atoms with Crippen molar-refractivity contribution in [2.24, 2.45) is 5.92 Å². The van der Waals surface area contributed by atoms with E-state index in [0.29, 0.717) is 17.0 Å². The Morgan fingerprint density at radius 2 is 1.96 bits per heavy atom. The van der Waals surface area contributed by atoms with Crippen molar-refractivity contribution in [1.82, 2.24) is 0 Å². The molecule has 1 saturated heterocycles. The second-order valence-electron chi connectivity index (χ2n) is 5.90. The van der Waals surface area contributed by atoms with Crippen LogP contribution in [0.2, 0.25) is 0 Å². The molecule has 1 aromatic carbocycles. The van der Waals surface area contributed by atoms with Crippen LogP contribution in [0.4, 0.5) is 5.69 Å². The van der Waals surface area contributed by atoms with Crippen molar-refractivity contribution < 1.29 is 19.0 Å². The van der Waals surface area contributed by atoms with E-state index in [4.69, 9.17) is 14.2 Å². The van der Waals surface area contributed by atoms with Crippen LogP contribution in [0.3, 0.4) is 0 Å². The maximum Gasteiger partial charge on any atom is 0.339 e. The van der Waals surface area contributed by atoms with Crippen LogP contribution in [0, 0.1) is 17.2 Å². The molecule has 1 aromatic rings. The third-order valence-corrected chi connectivity index (χ3v) is 4.56. The number of hydrogen-bond donors (Lipinski definition) is 0. The summed E-state index contributed by atoms with van der Waals surface area (Å²) in [6.45, 7) is 1.82. The summed E-state index contributed by atoms with van der Waals surface area (Å²) < 4.78 is 15.3. The monoisotopic (exact) mass is 332 g/mol. The number of anilines is 1. The highest BCUT2D eigenvalue weighted by atomic mass is 16.7. The van der Waals surface area contributed by atoms with Crippen LogP contribution in [0.1, 0.15) is 35.2 Å². The molecule has 0 amide bonds. The van der Waals surface area contributed by atoms with Crippen LogP contribution in [-0.4, -0.2) is 46.7 Å². The summed E-state index contributed by atoms with van der Waals surface area (Å²) in [6.07, 6.45) is 2.84. The van der Waals surface area contributed by atoms with Crippen LogP contribution in [0.5, 0.6) is 0 Å². The standard InChI is InChI=1S/C18H24N2O4/c1-22-17(23-2)10-13-6-8-20(9-7-13)15-4-5-16(18(21)24-3)14(11-15)12-19/h4-5,11,13,17H,6-10H2,1-3H3. The van der Waals surface area contributed by atoms with Gasteiger partial charge < -0.3 is 19.1 Å². The Balaban J connectivity index is 2.02. The molecule has 0 N–H and O–H groups in total. The molecule has 1 fully saturated rings. The van der Waals surface area contributed by atoms with Gasteiger partial charge in [0.1, 0.15) is 6.07 Å². The van der Waals surface area contributed by atoms with Crippen LogP contribution < -0.4 is 4.90 Å². The summed E-state index contributed by atoms with van der Waals surface area (Å²) in [5, 5.41) is 9.28. The minimum absolute atomic E-state index is 0.147. The number of piperidine rings is 1. The van der Waals surface area contributed by atoms with Crippen LogP contribution in [0.15, 0.2) is 18.2 Å². The minimum atomic E-state index is -0.484. The number of carbonyl (C=O) groups excluding carboxylic acids is 1. The first-order valence-electron chi connectivity index (χ1n) is 8.06. The fourth-order valence-electron chi connectivity index (χ4n) is 3.10. The number of rotatable bonds is 6. The average molecular weight is 332 g/mol. The lowest BCUT2D eigenvalue weighted by Gasteiger charge is -2.34. The van der Waals surface area contributed by atoms with Crippen molar-refractivity contribution in [1.29, 1.82) is 5.26 Å². The SMILES string of the molecule is COC(=O)c1ccc(N2CCC(CC(OC)OC)CC2)cc1C#N. The molecule has 1 aliphatic rings. The Bertz CT molecular complexity index is 600. The van der Waals surface area contributed by atoms with Gasteiger partial charge in [-0.05, 0) is 37.0 Å². The lowest BCUT2D eigenvalue weighted by molar-refractivity contribution is -0.115. The smallest absolute Gasteiger partial charge is 0.339 e. The first-order valence-corrected chi connectivity index (χ1v) is 8.06. The van der Waals surface area contributed by atoms with Gasteiger partial charge in [0.15, 0.2) is 6.29 Å². The molecular weight excluding hydrogens is 308 g/mol. The van der Waals surface area contributed by atoms with Gasteiger partial charge in [-0.25, -0.2) is 4.79 Å². The van der Waals surface area contributed by atoms with Gasteiger partial charge in [0.2, 0.25) is 0 Å². The summed E-state index contributed by atoms with van der Waals surface area (Å²) in [4.78, 5) is 13.9. The summed E-state index contributed by atoms with van der Waals surface area (Å²) in [7, 11) is 4.64. The average Bonchev–Trinajstić information content (AvgIpc) is 2.65. The molecule has 6 nitrogen and oxygen atoms in total. The zero-order valence-corrected chi connectivity index (χ0v) is 14.4. The lowest BCUT2D eigenvalue weighted by Crippen LogP contribution is -2.35. The molecule has 0 aromatic heterocycles. The number of nitrogens with zero attached hydrogens (tertiary/aromatic N) is 2. The van der Waals surface area contributed by atoms with Crippen LogP contribution in [0.25, 0.3) is 0 Å². The van der Waals surface area contributed by atoms with E-state index in [1.165, 1.54) is 7.11 Å². The van der Waals surface area contributed by atoms with Crippen molar-refractivity contribution >= 4 is 11.7 Å². The second kappa shape index (κ2) is 8.67. The Kier molecular flexibility index (Phi) is 6.59. The summed E-state index contributed by atoms with van der Waals surface area (Å²) >= 11 is 0. The van der Waals surface area contributed by atoms with Gasteiger partial charge in [-0.3, -0.25) is 0 Å². The lowest BCUT2D eigenvalue weighted by atomic mass is 9.92. The number of ether oxygens (including phenoxy) is 3. The minimum Gasteiger partial charge on any atom is -0.465 e. The van der Waals surface area contributed by atoms with Crippen molar-refractivity contribution in [2.45, 2.75) is 25.6 Å². The Hall–Kier alpha value is -2.10. The highest BCUT2D eigenvalue weighted by molar-refractivity contribution is 5.92. The van der Waals surface area contributed by atoms with E-state index in [1.807, 2.05) is 6.07 Å². The molecule has 0 atom stereocenters. The predicted molar refractivity (Wildman–Crippen MR) is 89.9 cm³/mol. The summed E-state index contributed by atoms with van der Waals surface area (Å²) in [5.74, 6) is 0.0814. The highest BCUT2D eigenvalue weighted by Crippen LogP contribution is 2.28. The largest absolute Gasteiger partial charge is 0.465 e. The molecule has 1 aliphatic heterocycles. The van der Waals surface area contributed by atoms with Gasteiger partial charge in [-0.2, -0.15) is 5.26 Å². The van der Waals surface area contributed by atoms with Gasteiger partial charge >= 0.3 is 5.97 Å². The van der Waals surface area contributed by atoms with Crippen molar-refractivity contribution in [3.05, 3.63) is 29.3 Å². The number of hydrogen-bond acceptors (Lipinski definition) is 6. The first-order chi connectivity index (χ1) is 11.6. The fourth-order valence-corrected chi connectivity index (χ4v) is 3.10. The van der Waals surface area contributed by atoms with E-state index in [-0.39, 0.29) is 6.29 Å². The zero-order valence-electron chi connectivity index (χ0n) is 14.4. The Labute approximate surface area is 142 Å². The Morgan fingerprint density at radius 1 is 1.29 bits per heavy atom. The molecule has 130 valence electrons. The van der Waals surface area contributed by atoms with E-state index >= 15 is 0 Å². The topological polar surface area (TPSA) is 71.8 Å². The van der Waals surface area contributed by atoms with Crippen molar-refractivity contribution in [3.63, 3.8) is 0 Å². The van der Waals surface area contributed by atoms with Gasteiger partial charge in [0.25, 0.3) is 0 Å². The first kappa shape index (κ1) is 18.2. The molecule has 0 bridgehead atoms. The van der Waals surface area contributed by atoms with E-state index < -0.39 is 5.97 Å². The number of benzene rings is 1. The molecule has 0 unspecified atom stereocenters. The molecule has 0 saturated carbocycles. The number of nitriles is 1. The van der Waals surface area contributed by atoms with Crippen LogP contribution in [-0.2, 0) is 14.2 Å². The summed E-state index contributed by atoms with van der Waals surface area (Å²) in [5.41, 5.74) is 1.62. The molecular formula is C18H24N2O4. The third kappa shape index (κ3) is 4.25. The number of esters is 1. The van der Waals surface area contributed by atoms with Crippen molar-refractivity contribution in [2.75, 3.05) is 39.3 Å². The molecule has 6 heteroatoms. The molecule has 2 rings (SSSR count). The molecule has 0 aliphatic carbocycles. The highest BCUT2D eigenvalue weighted by Gasteiger charge is 2.23. The predicted octanol–water partition coefficient (Wildman–Crippen LogP) is 2.57. The van der Waals surface area contributed by atoms with E-state index in [2.05, 4.69) is 11.0 Å². The fraction of sp³-hybridized carbons (Fsp3) is 0.556. The maximum absolute atomic E-state index is 11.7. The van der Waals surface area contributed by atoms with E-state index in [1.54, 1.807) is 26.4 Å². The molecule has 0 radical (unpaired) electrons. The number of methoxy groups -OCH3 is 3. The second-order valence-corrected chi connectivity index (χ2v) is 5.90. The molecule has 24 heavy (non-hydrogen) atoms. The quantitative estimate of drug-likeness (QED) is 0.589. The normalized spacial score (nSPS) is 15.4.